The number of aromatic nitrogens is 2. The molecular formula is C27H39N3O. The first-order valence-electron chi connectivity index (χ1n) is 12.9. The second-order valence-corrected chi connectivity index (χ2v) is 11.7. The van der Waals surface area contributed by atoms with Gasteiger partial charge in [0.1, 0.15) is 11.9 Å². The lowest BCUT2D eigenvalue weighted by Crippen LogP contribution is -2.49. The van der Waals surface area contributed by atoms with Crippen LogP contribution in [0.25, 0.3) is 0 Å². The van der Waals surface area contributed by atoms with Gasteiger partial charge in [-0.1, -0.05) is 20.3 Å². The van der Waals surface area contributed by atoms with Gasteiger partial charge in [-0.05, 0) is 98.7 Å². The molecule has 2 unspecified atom stereocenters. The molecule has 168 valence electrons. The SMILES string of the molecule is C[C@H]1CC[C@@H]2C3CC[C@@]4(C)C(CC[C@@H]4C(=O)CCCn4cc(C#N)cn4)[C@@H]3CC[C@@H]2C1. The van der Waals surface area contributed by atoms with Crippen LogP contribution in [0.4, 0.5) is 0 Å². The highest BCUT2D eigenvalue weighted by atomic mass is 16.1. The van der Waals surface area contributed by atoms with Gasteiger partial charge < -0.3 is 0 Å². The van der Waals surface area contributed by atoms with Crippen molar-refractivity contribution in [3.8, 4) is 6.07 Å². The molecule has 1 aromatic heterocycles. The number of carbonyl (C=O) groups excluding carboxylic acids is 1. The van der Waals surface area contributed by atoms with Gasteiger partial charge in [0.15, 0.2) is 0 Å². The highest BCUT2D eigenvalue weighted by molar-refractivity contribution is 5.82. The van der Waals surface area contributed by atoms with E-state index in [2.05, 4.69) is 25.0 Å². The van der Waals surface area contributed by atoms with Crippen molar-refractivity contribution in [2.75, 3.05) is 0 Å². The minimum Gasteiger partial charge on any atom is -0.299 e. The van der Waals surface area contributed by atoms with Crippen LogP contribution < -0.4 is 0 Å². The average molecular weight is 422 g/mol. The molecule has 5 rings (SSSR count). The predicted molar refractivity (Wildman–Crippen MR) is 121 cm³/mol. The number of hydrogen-bond acceptors (Lipinski definition) is 3. The van der Waals surface area contributed by atoms with Gasteiger partial charge in [-0.3, -0.25) is 9.48 Å². The first-order chi connectivity index (χ1) is 15.0. The van der Waals surface area contributed by atoms with Crippen LogP contribution in [0.5, 0.6) is 0 Å². The molecule has 4 nitrogen and oxygen atoms in total. The van der Waals surface area contributed by atoms with E-state index >= 15 is 0 Å². The summed E-state index contributed by atoms with van der Waals surface area (Å²) in [6.07, 6.45) is 17.2. The summed E-state index contributed by atoms with van der Waals surface area (Å²) in [4.78, 5) is 13.3. The van der Waals surface area contributed by atoms with E-state index in [1.54, 1.807) is 17.1 Å². The zero-order chi connectivity index (χ0) is 21.6. The molecule has 0 aliphatic heterocycles. The van der Waals surface area contributed by atoms with Crippen molar-refractivity contribution in [2.24, 2.45) is 46.8 Å². The van der Waals surface area contributed by atoms with Crippen LogP contribution in [0.2, 0.25) is 0 Å². The molecule has 31 heavy (non-hydrogen) atoms. The van der Waals surface area contributed by atoms with Gasteiger partial charge in [-0.15, -0.1) is 0 Å². The minimum absolute atomic E-state index is 0.243. The van der Waals surface area contributed by atoms with E-state index in [0.29, 0.717) is 17.8 Å². The molecule has 0 amide bonds. The van der Waals surface area contributed by atoms with Crippen molar-refractivity contribution in [2.45, 2.75) is 91.0 Å². The Kier molecular flexibility index (Phi) is 5.74. The second-order valence-electron chi connectivity index (χ2n) is 11.7. The summed E-state index contributed by atoms with van der Waals surface area (Å²) < 4.78 is 1.81. The van der Waals surface area contributed by atoms with E-state index in [1.165, 1.54) is 51.4 Å². The maximum atomic E-state index is 13.3. The lowest BCUT2D eigenvalue weighted by atomic mass is 9.49. The predicted octanol–water partition coefficient (Wildman–Crippen LogP) is 6.01. The summed E-state index contributed by atoms with van der Waals surface area (Å²) in [7, 11) is 0. The lowest BCUT2D eigenvalue weighted by Gasteiger charge is -2.56. The molecule has 4 fully saturated rings. The number of ketones is 1. The minimum atomic E-state index is 0.243. The molecular weight excluding hydrogens is 382 g/mol. The lowest BCUT2D eigenvalue weighted by molar-refractivity contribution is -0.130. The fourth-order valence-electron chi connectivity index (χ4n) is 8.75. The Morgan fingerprint density at radius 3 is 2.81 bits per heavy atom. The Morgan fingerprint density at radius 1 is 1.16 bits per heavy atom. The quantitative estimate of drug-likeness (QED) is 0.585. The highest BCUT2D eigenvalue weighted by Gasteiger charge is 2.58. The van der Waals surface area contributed by atoms with Gasteiger partial charge in [0.2, 0.25) is 0 Å². The molecule has 1 heterocycles. The summed E-state index contributed by atoms with van der Waals surface area (Å²) in [6, 6.07) is 2.12. The molecule has 4 heteroatoms. The fraction of sp³-hybridized carbons (Fsp3) is 0.815. The number of fused-ring (bicyclic) bond motifs is 5. The third kappa shape index (κ3) is 3.77. The third-order valence-corrected chi connectivity index (χ3v) is 10.2. The van der Waals surface area contributed by atoms with Crippen LogP contribution in [-0.4, -0.2) is 15.6 Å². The van der Waals surface area contributed by atoms with E-state index in [0.717, 1.165) is 54.9 Å². The Bertz CT molecular complexity index is 853. The Morgan fingerprint density at radius 2 is 2.00 bits per heavy atom. The van der Waals surface area contributed by atoms with Crippen LogP contribution in [-0.2, 0) is 11.3 Å². The molecule has 0 bridgehead atoms. The van der Waals surface area contributed by atoms with E-state index in [9.17, 15) is 4.79 Å². The van der Waals surface area contributed by atoms with Crippen LogP contribution in [0, 0.1) is 58.2 Å². The van der Waals surface area contributed by atoms with Crippen LogP contribution in [0.15, 0.2) is 12.4 Å². The standard InChI is InChI=1S/C27H39N3O/c1-18-5-7-21-20(14-18)6-8-23-22(21)11-12-27(2)24(23)9-10-25(27)26(31)4-3-13-30-17-19(15-28)16-29-30/h16-18,20-25H,3-14H2,1-2H3/t18-,20+,21-,22?,23+,24?,25+,27-/m0/s1. The number of nitrogens with zero attached hydrogens (tertiary/aromatic N) is 3. The van der Waals surface area contributed by atoms with Crippen LogP contribution in [0.1, 0.15) is 90.0 Å². The van der Waals surface area contributed by atoms with Crippen molar-refractivity contribution in [3.63, 3.8) is 0 Å². The molecule has 8 atom stereocenters. The molecule has 4 aliphatic rings. The molecule has 4 aliphatic carbocycles. The Hall–Kier alpha value is -1.63. The van der Waals surface area contributed by atoms with Gasteiger partial charge in [0.25, 0.3) is 0 Å². The van der Waals surface area contributed by atoms with E-state index in [-0.39, 0.29) is 11.3 Å². The summed E-state index contributed by atoms with van der Waals surface area (Å²) in [5.74, 6) is 6.31. The highest BCUT2D eigenvalue weighted by Crippen LogP contribution is 2.64. The molecule has 0 saturated heterocycles. The number of rotatable bonds is 5. The third-order valence-electron chi connectivity index (χ3n) is 10.2. The number of aryl methyl sites for hydroxylation is 1. The monoisotopic (exact) mass is 421 g/mol. The summed E-state index contributed by atoms with van der Waals surface area (Å²) in [5, 5.41) is 13.2. The number of Topliss-reactive ketones (excluding diaryl/α,β-unsaturated/α-hetero) is 1. The van der Waals surface area contributed by atoms with Crippen molar-refractivity contribution in [1.29, 1.82) is 5.26 Å². The molecule has 0 spiro atoms. The second kappa shape index (κ2) is 8.38. The Balaban J connectivity index is 1.21. The van der Waals surface area contributed by atoms with E-state index in [1.807, 2.05) is 0 Å². The Labute approximate surface area is 187 Å². The molecule has 4 saturated carbocycles. The first-order valence-corrected chi connectivity index (χ1v) is 12.9. The molecule has 0 aromatic carbocycles. The topological polar surface area (TPSA) is 58.7 Å². The molecule has 0 N–H and O–H groups in total. The van der Waals surface area contributed by atoms with Crippen LogP contribution in [0.3, 0.4) is 0 Å². The number of hydrogen-bond donors (Lipinski definition) is 0. The van der Waals surface area contributed by atoms with E-state index in [4.69, 9.17) is 5.26 Å². The summed E-state index contributed by atoms with van der Waals surface area (Å²) >= 11 is 0. The number of nitriles is 1. The normalized spacial score (nSPS) is 41.6. The van der Waals surface area contributed by atoms with Crippen LogP contribution >= 0.6 is 0 Å². The van der Waals surface area contributed by atoms with Gasteiger partial charge >= 0.3 is 0 Å². The summed E-state index contributed by atoms with van der Waals surface area (Å²) in [5.41, 5.74) is 0.837. The smallest absolute Gasteiger partial charge is 0.136 e. The van der Waals surface area contributed by atoms with Gasteiger partial charge in [-0.2, -0.15) is 10.4 Å². The van der Waals surface area contributed by atoms with Gasteiger partial charge in [-0.25, -0.2) is 0 Å². The summed E-state index contributed by atoms with van der Waals surface area (Å²) in [6.45, 7) is 5.67. The maximum Gasteiger partial charge on any atom is 0.136 e. The molecule has 1 aromatic rings. The largest absolute Gasteiger partial charge is 0.299 e. The van der Waals surface area contributed by atoms with Gasteiger partial charge in [0, 0.05) is 25.1 Å². The zero-order valence-electron chi connectivity index (χ0n) is 19.4. The van der Waals surface area contributed by atoms with Crippen molar-refractivity contribution >= 4 is 5.78 Å². The zero-order valence-corrected chi connectivity index (χ0v) is 19.4. The average Bonchev–Trinajstić information content (AvgIpc) is 3.37. The molecule has 0 radical (unpaired) electrons. The van der Waals surface area contributed by atoms with Crippen molar-refractivity contribution < 1.29 is 4.79 Å². The van der Waals surface area contributed by atoms with E-state index < -0.39 is 0 Å². The first kappa shape index (κ1) is 21.2. The fourth-order valence-corrected chi connectivity index (χ4v) is 8.75. The maximum absolute atomic E-state index is 13.3. The van der Waals surface area contributed by atoms with Crippen molar-refractivity contribution in [1.82, 2.24) is 9.78 Å². The van der Waals surface area contributed by atoms with Gasteiger partial charge in [0.05, 0.1) is 11.8 Å². The van der Waals surface area contributed by atoms with Crippen molar-refractivity contribution in [3.05, 3.63) is 18.0 Å². The number of carbonyl (C=O) groups is 1.